The normalized spacial score (nSPS) is 15.8. The van der Waals surface area contributed by atoms with Crippen LogP contribution in [0, 0.1) is 0 Å². The number of fused-ring (bicyclic) bond motifs is 4. The SMILES string of the molecule is CNC(=O)[C@@H]1Cc2cc(OC)c(OC)cc2CN1C(=O)CCCCCNc1ccc2c(cc1=O)[C@@H](NC(C)=O)CCc1cc(OC)c(OC)c(OC)c1-2. The summed E-state index contributed by atoms with van der Waals surface area (Å²) < 4.78 is 28.1. The zero-order valence-corrected chi connectivity index (χ0v) is 31.6. The first-order valence-electron chi connectivity index (χ1n) is 17.8. The molecule has 3 aromatic rings. The Labute approximate surface area is 310 Å². The van der Waals surface area contributed by atoms with Crippen molar-refractivity contribution in [3.8, 4) is 39.9 Å². The van der Waals surface area contributed by atoms with Gasteiger partial charge in [-0.3, -0.25) is 19.2 Å². The molecular weight excluding hydrogens is 680 g/mol. The molecule has 0 spiro atoms. The molecule has 13 heteroatoms. The van der Waals surface area contributed by atoms with Gasteiger partial charge in [0.25, 0.3) is 0 Å². The van der Waals surface area contributed by atoms with Crippen molar-refractivity contribution in [2.75, 3.05) is 54.5 Å². The summed E-state index contributed by atoms with van der Waals surface area (Å²) in [6.07, 6.45) is 3.92. The minimum atomic E-state index is -0.621. The second-order valence-corrected chi connectivity index (χ2v) is 13.2. The summed E-state index contributed by atoms with van der Waals surface area (Å²) in [5.41, 5.74) is 5.26. The fourth-order valence-electron chi connectivity index (χ4n) is 7.37. The summed E-state index contributed by atoms with van der Waals surface area (Å²) in [6, 6.07) is 9.88. The topological polar surface area (TPSA) is 154 Å². The molecule has 0 saturated carbocycles. The van der Waals surface area contributed by atoms with Crippen molar-refractivity contribution in [1.82, 2.24) is 15.5 Å². The smallest absolute Gasteiger partial charge is 0.242 e. The molecule has 0 fully saturated rings. The molecule has 0 radical (unpaired) electrons. The Balaban J connectivity index is 1.28. The van der Waals surface area contributed by atoms with Crippen LogP contribution in [0.1, 0.15) is 67.3 Å². The van der Waals surface area contributed by atoms with E-state index in [9.17, 15) is 19.2 Å². The van der Waals surface area contributed by atoms with Crippen molar-refractivity contribution >= 4 is 23.4 Å². The number of rotatable bonds is 14. The number of nitrogens with zero attached hydrogens (tertiary/aromatic N) is 1. The van der Waals surface area contributed by atoms with Crippen molar-refractivity contribution in [3.05, 3.63) is 68.9 Å². The summed E-state index contributed by atoms with van der Waals surface area (Å²) in [5, 5.41) is 9.02. The highest BCUT2D eigenvalue weighted by molar-refractivity contribution is 5.88. The van der Waals surface area contributed by atoms with E-state index in [1.54, 1.807) is 59.6 Å². The fourth-order valence-corrected chi connectivity index (χ4v) is 7.37. The van der Waals surface area contributed by atoms with Crippen molar-refractivity contribution in [1.29, 1.82) is 0 Å². The molecule has 0 unspecified atom stereocenters. The van der Waals surface area contributed by atoms with Gasteiger partial charge in [0.15, 0.2) is 23.0 Å². The first-order chi connectivity index (χ1) is 25.6. The maximum atomic E-state index is 13.6. The van der Waals surface area contributed by atoms with Gasteiger partial charge in [0, 0.05) is 45.5 Å². The number of hydrogen-bond acceptors (Lipinski definition) is 10. The van der Waals surface area contributed by atoms with E-state index in [1.165, 1.54) is 6.92 Å². The third-order valence-corrected chi connectivity index (χ3v) is 10.0. The summed E-state index contributed by atoms with van der Waals surface area (Å²) in [6.45, 7) is 2.28. The molecule has 0 saturated heterocycles. The number of unbranched alkanes of at least 4 members (excludes halogenated alkanes) is 2. The lowest BCUT2D eigenvalue weighted by atomic mass is 9.92. The summed E-state index contributed by atoms with van der Waals surface area (Å²) in [7, 11) is 9.39. The lowest BCUT2D eigenvalue weighted by Crippen LogP contribution is -2.51. The number of hydrogen-bond donors (Lipinski definition) is 3. The Morgan fingerprint density at radius 1 is 0.811 bits per heavy atom. The van der Waals surface area contributed by atoms with Crippen LogP contribution in [0.4, 0.5) is 5.69 Å². The van der Waals surface area contributed by atoms with Gasteiger partial charge >= 0.3 is 0 Å². The Morgan fingerprint density at radius 2 is 1.49 bits per heavy atom. The quantitative estimate of drug-likeness (QED) is 0.202. The molecule has 284 valence electrons. The first kappa shape index (κ1) is 38.8. The average molecular weight is 731 g/mol. The standard InChI is InChI=1S/C40H50N4O9/c1-23(45)43-29-14-12-24-18-35(51-5)38(52-6)39(53-7)37(24)27-13-15-30(32(46)21-28(27)29)42-16-10-8-9-11-36(47)44-22-26-20-34(50-4)33(49-3)19-25(26)17-31(44)40(48)41-2/h13,15,18-21,29,31H,8-12,14,16-17,22H2,1-7H3,(H,41,48)(H,42,46)(H,43,45)/t29-,31-/m0/s1. The van der Waals surface area contributed by atoms with Crippen LogP contribution in [0.25, 0.3) is 11.1 Å². The zero-order valence-electron chi connectivity index (χ0n) is 31.6. The highest BCUT2D eigenvalue weighted by Gasteiger charge is 2.35. The monoisotopic (exact) mass is 730 g/mol. The van der Waals surface area contributed by atoms with Gasteiger partial charge in [-0.1, -0.05) is 12.5 Å². The van der Waals surface area contributed by atoms with Gasteiger partial charge in [-0.15, -0.1) is 0 Å². The number of anilines is 1. The molecule has 3 N–H and O–H groups in total. The number of amides is 3. The van der Waals surface area contributed by atoms with E-state index < -0.39 is 12.1 Å². The number of nitrogens with one attached hydrogen (secondary N) is 3. The van der Waals surface area contributed by atoms with E-state index in [0.29, 0.717) is 85.2 Å². The van der Waals surface area contributed by atoms with Crippen LogP contribution in [0.15, 0.2) is 41.2 Å². The average Bonchev–Trinajstić information content (AvgIpc) is 3.41. The van der Waals surface area contributed by atoms with E-state index in [1.807, 2.05) is 24.3 Å². The highest BCUT2D eigenvalue weighted by atomic mass is 16.5. The molecule has 0 aromatic heterocycles. The Bertz CT molecular complexity index is 1910. The lowest BCUT2D eigenvalue weighted by molar-refractivity contribution is -0.141. The van der Waals surface area contributed by atoms with Crippen molar-refractivity contribution in [3.63, 3.8) is 0 Å². The molecule has 53 heavy (non-hydrogen) atoms. The second-order valence-electron chi connectivity index (χ2n) is 13.2. The first-order valence-corrected chi connectivity index (χ1v) is 17.8. The highest BCUT2D eigenvalue weighted by Crippen LogP contribution is 2.50. The van der Waals surface area contributed by atoms with E-state index in [4.69, 9.17) is 23.7 Å². The number of likely N-dealkylation sites (N-methyl/N-ethyl adjacent to an activating group) is 1. The molecule has 1 aliphatic carbocycles. The zero-order chi connectivity index (χ0) is 38.2. The van der Waals surface area contributed by atoms with Crippen LogP contribution in [0.2, 0.25) is 0 Å². The summed E-state index contributed by atoms with van der Waals surface area (Å²) in [4.78, 5) is 53.9. The van der Waals surface area contributed by atoms with Crippen LogP contribution in [0.5, 0.6) is 28.7 Å². The Kier molecular flexibility index (Phi) is 12.7. The van der Waals surface area contributed by atoms with Gasteiger partial charge in [-0.2, -0.15) is 0 Å². The van der Waals surface area contributed by atoms with Gasteiger partial charge in [0.2, 0.25) is 28.9 Å². The predicted octanol–water partition coefficient (Wildman–Crippen LogP) is 4.55. The molecule has 3 amide bonds. The van der Waals surface area contributed by atoms with Crippen LogP contribution >= 0.6 is 0 Å². The number of carbonyl (C=O) groups is 3. The van der Waals surface area contributed by atoms with Gasteiger partial charge in [0.1, 0.15) is 6.04 Å². The Morgan fingerprint density at radius 3 is 2.13 bits per heavy atom. The van der Waals surface area contributed by atoms with Crippen LogP contribution in [0.3, 0.4) is 0 Å². The van der Waals surface area contributed by atoms with E-state index in [0.717, 1.165) is 34.2 Å². The van der Waals surface area contributed by atoms with Gasteiger partial charge in [-0.05, 0) is 83.8 Å². The minimum Gasteiger partial charge on any atom is -0.493 e. The summed E-state index contributed by atoms with van der Waals surface area (Å²) in [5.74, 6) is 2.12. The lowest BCUT2D eigenvalue weighted by Gasteiger charge is -2.36. The number of methoxy groups -OCH3 is 5. The Hall–Kier alpha value is -5.46. The van der Waals surface area contributed by atoms with Crippen molar-refractivity contribution < 1.29 is 38.1 Å². The van der Waals surface area contributed by atoms with E-state index in [2.05, 4.69) is 16.0 Å². The third-order valence-electron chi connectivity index (χ3n) is 10.0. The molecule has 13 nitrogen and oxygen atoms in total. The number of aryl methyl sites for hydroxylation is 1. The largest absolute Gasteiger partial charge is 0.493 e. The van der Waals surface area contributed by atoms with Crippen LogP contribution < -0.4 is 45.1 Å². The molecular formula is C40H50N4O9. The molecule has 2 atom stereocenters. The van der Waals surface area contributed by atoms with E-state index >= 15 is 0 Å². The van der Waals surface area contributed by atoms with Crippen LogP contribution in [-0.4, -0.2) is 77.8 Å². The molecule has 5 rings (SSSR count). The molecule has 2 aliphatic rings. The molecule has 1 aliphatic heterocycles. The third kappa shape index (κ3) is 8.29. The van der Waals surface area contributed by atoms with Gasteiger partial charge < -0.3 is 44.5 Å². The van der Waals surface area contributed by atoms with Crippen molar-refractivity contribution in [2.24, 2.45) is 0 Å². The molecule has 0 bridgehead atoms. The number of benzene rings is 2. The summed E-state index contributed by atoms with van der Waals surface area (Å²) >= 11 is 0. The number of carbonyl (C=O) groups excluding carboxylic acids is 3. The molecule has 1 heterocycles. The minimum absolute atomic E-state index is 0.0934. The maximum Gasteiger partial charge on any atom is 0.242 e. The maximum absolute atomic E-state index is 13.6. The van der Waals surface area contributed by atoms with E-state index in [-0.39, 0.29) is 29.6 Å². The number of ether oxygens (including phenoxy) is 5. The van der Waals surface area contributed by atoms with Gasteiger partial charge in [0.05, 0.1) is 47.3 Å². The van der Waals surface area contributed by atoms with Crippen molar-refractivity contribution in [2.45, 2.75) is 70.5 Å². The van der Waals surface area contributed by atoms with Crippen LogP contribution in [-0.2, 0) is 33.8 Å². The molecule has 3 aromatic carbocycles. The second kappa shape index (κ2) is 17.4. The predicted molar refractivity (Wildman–Crippen MR) is 201 cm³/mol. The van der Waals surface area contributed by atoms with Gasteiger partial charge in [-0.25, -0.2) is 0 Å². The fraction of sp³-hybridized carbons (Fsp3) is 0.450.